The number of hydrogen-bond acceptors (Lipinski definition) is 2. The fourth-order valence-electron chi connectivity index (χ4n) is 3.43. The van der Waals surface area contributed by atoms with Crippen molar-refractivity contribution in [2.45, 2.75) is 25.9 Å². The first kappa shape index (κ1) is 19.8. The molecule has 0 aromatic heterocycles. The largest absolute Gasteiger partial charge is 0.331 e. The number of nitrogens with one attached hydrogen (secondary N) is 1. The summed E-state index contributed by atoms with van der Waals surface area (Å²) >= 11 is 6.16. The minimum absolute atomic E-state index is 0. The van der Waals surface area contributed by atoms with Gasteiger partial charge in [-0.2, -0.15) is 0 Å². The topological polar surface area (TPSA) is 32.3 Å². The van der Waals surface area contributed by atoms with Crippen LogP contribution in [0.3, 0.4) is 0 Å². The third-order valence-electron chi connectivity index (χ3n) is 4.70. The van der Waals surface area contributed by atoms with Crippen LogP contribution in [0, 0.1) is 5.92 Å². The van der Waals surface area contributed by atoms with Crippen LogP contribution in [0.1, 0.15) is 29.7 Å². The van der Waals surface area contributed by atoms with E-state index in [4.69, 9.17) is 11.6 Å². The Bertz CT molecular complexity index is 721. The van der Waals surface area contributed by atoms with E-state index in [-0.39, 0.29) is 30.3 Å². The number of fused-ring (bicyclic) bond motifs is 1. The molecule has 1 heterocycles. The highest BCUT2D eigenvalue weighted by atomic mass is 35.5. The van der Waals surface area contributed by atoms with Crippen LogP contribution in [0.4, 0.5) is 0 Å². The Hall–Kier alpha value is -1.55. The lowest BCUT2D eigenvalue weighted by Gasteiger charge is -2.39. The molecule has 1 amide bonds. The maximum absolute atomic E-state index is 13.0. The summed E-state index contributed by atoms with van der Waals surface area (Å²) in [4.78, 5) is 15.0. The lowest BCUT2D eigenvalue weighted by Crippen LogP contribution is -2.43. The second kappa shape index (κ2) is 8.70. The highest BCUT2D eigenvalue weighted by Crippen LogP contribution is 2.35. The first-order valence-corrected chi connectivity index (χ1v) is 8.75. The molecule has 2 aromatic carbocycles. The second-order valence-electron chi connectivity index (χ2n) is 6.47. The first-order valence-electron chi connectivity index (χ1n) is 8.37. The Morgan fingerprint density at radius 3 is 2.64 bits per heavy atom. The van der Waals surface area contributed by atoms with E-state index in [2.05, 4.69) is 23.5 Å². The van der Waals surface area contributed by atoms with Gasteiger partial charge in [-0.15, -0.1) is 12.4 Å². The Morgan fingerprint density at radius 2 is 1.96 bits per heavy atom. The predicted molar refractivity (Wildman–Crippen MR) is 105 cm³/mol. The normalized spacial score (nSPS) is 17.4. The lowest BCUT2D eigenvalue weighted by molar-refractivity contribution is -0.138. The van der Waals surface area contributed by atoms with Crippen molar-refractivity contribution in [1.82, 2.24) is 10.2 Å². The molecular weight excluding hydrogens is 355 g/mol. The number of carbonyl (C=O) groups is 1. The number of carbonyl (C=O) groups excluding carboxylic acids is 1. The fourth-order valence-corrected chi connectivity index (χ4v) is 3.63. The third-order valence-corrected chi connectivity index (χ3v) is 4.93. The van der Waals surface area contributed by atoms with Crippen LogP contribution < -0.4 is 5.32 Å². The Morgan fingerprint density at radius 1 is 1.24 bits per heavy atom. The van der Waals surface area contributed by atoms with Crippen LogP contribution in [-0.4, -0.2) is 24.4 Å². The zero-order valence-electron chi connectivity index (χ0n) is 14.5. The standard InChI is InChI=1S/C20H23ClN2O.ClH/c1-14(12-22-2)20(24)23-13-17-10-18(21)9-8-16(17)11-19(23)15-6-4-3-5-7-15;/h3-10,14,19,22H,11-13H2,1-2H3;1H. The van der Waals surface area contributed by atoms with Crippen molar-refractivity contribution >= 4 is 29.9 Å². The molecule has 0 saturated heterocycles. The van der Waals surface area contributed by atoms with Crippen molar-refractivity contribution in [3.05, 3.63) is 70.2 Å². The monoisotopic (exact) mass is 378 g/mol. The third kappa shape index (κ3) is 4.35. The molecule has 2 unspecified atom stereocenters. The predicted octanol–water partition coefficient (Wildman–Crippen LogP) is 4.24. The Balaban J connectivity index is 0.00000225. The molecule has 0 bridgehead atoms. The van der Waals surface area contributed by atoms with E-state index in [1.165, 1.54) is 11.1 Å². The summed E-state index contributed by atoms with van der Waals surface area (Å²) in [5, 5.41) is 3.83. The van der Waals surface area contributed by atoms with Gasteiger partial charge in [-0.3, -0.25) is 4.79 Å². The molecule has 1 aliphatic heterocycles. The van der Waals surface area contributed by atoms with Crippen molar-refractivity contribution in [3.8, 4) is 0 Å². The van der Waals surface area contributed by atoms with Crippen LogP contribution in [0.25, 0.3) is 0 Å². The van der Waals surface area contributed by atoms with Crippen LogP contribution in [0.5, 0.6) is 0 Å². The zero-order valence-corrected chi connectivity index (χ0v) is 16.1. The average Bonchev–Trinajstić information content (AvgIpc) is 2.61. The molecular formula is C20H24Cl2N2O. The molecule has 3 nitrogen and oxygen atoms in total. The molecule has 2 aromatic rings. The van der Waals surface area contributed by atoms with Gasteiger partial charge in [0.15, 0.2) is 0 Å². The average molecular weight is 379 g/mol. The minimum Gasteiger partial charge on any atom is -0.331 e. The van der Waals surface area contributed by atoms with Gasteiger partial charge in [0.1, 0.15) is 0 Å². The second-order valence-corrected chi connectivity index (χ2v) is 6.90. The van der Waals surface area contributed by atoms with Gasteiger partial charge in [-0.1, -0.05) is 54.9 Å². The highest BCUT2D eigenvalue weighted by molar-refractivity contribution is 6.30. The van der Waals surface area contributed by atoms with E-state index in [1.54, 1.807) is 0 Å². The van der Waals surface area contributed by atoms with Crippen LogP contribution >= 0.6 is 24.0 Å². The molecule has 2 atom stereocenters. The quantitative estimate of drug-likeness (QED) is 0.862. The molecule has 0 spiro atoms. The van der Waals surface area contributed by atoms with Gasteiger partial charge in [0, 0.05) is 24.0 Å². The molecule has 0 fully saturated rings. The number of hydrogen-bond donors (Lipinski definition) is 1. The summed E-state index contributed by atoms with van der Waals surface area (Å²) in [7, 11) is 1.88. The SMILES string of the molecule is CNCC(C)C(=O)N1Cc2cc(Cl)ccc2CC1c1ccccc1.Cl. The Labute approximate surface area is 160 Å². The first-order chi connectivity index (χ1) is 11.6. The number of halogens is 2. The van der Waals surface area contributed by atoms with E-state index in [9.17, 15) is 4.79 Å². The molecule has 0 aliphatic carbocycles. The lowest BCUT2D eigenvalue weighted by atomic mass is 9.89. The molecule has 25 heavy (non-hydrogen) atoms. The maximum Gasteiger partial charge on any atom is 0.227 e. The van der Waals surface area contributed by atoms with E-state index in [0.29, 0.717) is 13.1 Å². The van der Waals surface area contributed by atoms with Crippen molar-refractivity contribution in [2.75, 3.05) is 13.6 Å². The fraction of sp³-hybridized carbons (Fsp3) is 0.350. The highest BCUT2D eigenvalue weighted by Gasteiger charge is 2.32. The van der Waals surface area contributed by atoms with Gasteiger partial charge in [0.2, 0.25) is 5.91 Å². The zero-order chi connectivity index (χ0) is 17.1. The molecule has 1 N–H and O–H groups in total. The summed E-state index contributed by atoms with van der Waals surface area (Å²) in [5.74, 6) is 0.130. The molecule has 134 valence electrons. The van der Waals surface area contributed by atoms with Crippen molar-refractivity contribution in [2.24, 2.45) is 5.92 Å². The summed E-state index contributed by atoms with van der Waals surface area (Å²) in [6, 6.07) is 16.4. The molecule has 0 radical (unpaired) electrons. The van der Waals surface area contributed by atoms with Crippen LogP contribution in [-0.2, 0) is 17.8 Å². The summed E-state index contributed by atoms with van der Waals surface area (Å²) < 4.78 is 0. The molecule has 3 rings (SSSR count). The Kier molecular flexibility index (Phi) is 6.88. The number of rotatable bonds is 4. The van der Waals surface area contributed by atoms with E-state index < -0.39 is 0 Å². The van der Waals surface area contributed by atoms with Gasteiger partial charge < -0.3 is 10.2 Å². The van der Waals surface area contributed by atoms with Gasteiger partial charge in [0.25, 0.3) is 0 Å². The van der Waals surface area contributed by atoms with E-state index in [0.717, 1.165) is 17.0 Å². The van der Waals surface area contributed by atoms with Crippen molar-refractivity contribution < 1.29 is 4.79 Å². The van der Waals surface area contributed by atoms with Gasteiger partial charge in [0.05, 0.1) is 6.04 Å². The van der Waals surface area contributed by atoms with Crippen LogP contribution in [0.2, 0.25) is 5.02 Å². The van der Waals surface area contributed by atoms with E-state index >= 15 is 0 Å². The molecule has 0 saturated carbocycles. The van der Waals surface area contributed by atoms with Crippen molar-refractivity contribution in [1.29, 1.82) is 0 Å². The van der Waals surface area contributed by atoms with Crippen molar-refractivity contribution in [3.63, 3.8) is 0 Å². The van der Waals surface area contributed by atoms with Gasteiger partial charge in [-0.25, -0.2) is 0 Å². The number of nitrogens with zero attached hydrogens (tertiary/aromatic N) is 1. The maximum atomic E-state index is 13.0. The van der Waals surface area contributed by atoms with Gasteiger partial charge >= 0.3 is 0 Å². The smallest absolute Gasteiger partial charge is 0.227 e. The molecule has 5 heteroatoms. The van der Waals surface area contributed by atoms with Gasteiger partial charge in [-0.05, 0) is 42.3 Å². The minimum atomic E-state index is -0.0538. The van der Waals surface area contributed by atoms with E-state index in [1.807, 2.05) is 49.2 Å². The molecule has 1 aliphatic rings. The van der Waals surface area contributed by atoms with Crippen LogP contribution in [0.15, 0.2) is 48.5 Å². The number of amides is 1. The summed E-state index contributed by atoms with van der Waals surface area (Å²) in [6.07, 6.45) is 0.828. The summed E-state index contributed by atoms with van der Waals surface area (Å²) in [6.45, 7) is 3.27. The summed E-state index contributed by atoms with van der Waals surface area (Å²) in [5.41, 5.74) is 3.61. The number of benzene rings is 2.